The van der Waals surface area contributed by atoms with Gasteiger partial charge in [-0.25, -0.2) is 4.68 Å². The van der Waals surface area contributed by atoms with Gasteiger partial charge in [-0.3, -0.25) is 19.0 Å². The molecule has 1 fully saturated rings. The number of anilines is 1. The van der Waals surface area contributed by atoms with Crippen molar-refractivity contribution in [1.29, 1.82) is 0 Å². The number of fused-ring (bicyclic) bond motifs is 2. The summed E-state index contributed by atoms with van der Waals surface area (Å²) in [5.74, 6) is -0.245. The fourth-order valence-corrected chi connectivity index (χ4v) is 4.98. The third-order valence-electron chi connectivity index (χ3n) is 6.99. The third-order valence-corrected chi connectivity index (χ3v) is 6.99. The maximum absolute atomic E-state index is 13.9. The Labute approximate surface area is 206 Å². The number of carbonyl (C=O) groups excluding carboxylic acids is 2. The highest BCUT2D eigenvalue weighted by Gasteiger charge is 2.56. The summed E-state index contributed by atoms with van der Waals surface area (Å²) < 4.78 is 8.31. The van der Waals surface area contributed by atoms with Crippen LogP contribution in [0.15, 0.2) is 77.7 Å². The molecule has 2 N–H and O–H groups in total. The summed E-state index contributed by atoms with van der Waals surface area (Å²) in [4.78, 5) is 40.2. The average Bonchev–Trinajstić information content (AvgIpc) is 3.54. The normalized spacial score (nSPS) is 15.6. The molecule has 36 heavy (non-hydrogen) atoms. The van der Waals surface area contributed by atoms with E-state index in [1.165, 1.54) is 10.7 Å². The van der Waals surface area contributed by atoms with Crippen LogP contribution in [0.3, 0.4) is 0 Å². The van der Waals surface area contributed by atoms with Crippen LogP contribution in [0.4, 0.5) is 5.69 Å². The number of pyridine rings is 1. The van der Waals surface area contributed by atoms with Crippen molar-refractivity contribution < 1.29 is 14.3 Å². The quantitative estimate of drug-likeness (QED) is 0.471. The minimum absolute atomic E-state index is 0.136. The second-order valence-electron chi connectivity index (χ2n) is 9.14. The lowest BCUT2D eigenvalue weighted by Gasteiger charge is -2.33. The first-order valence-corrected chi connectivity index (χ1v) is 11.6. The largest absolute Gasteiger partial charge is 0.497 e. The van der Waals surface area contributed by atoms with Crippen molar-refractivity contribution in [1.82, 2.24) is 14.3 Å². The molecule has 2 aliphatic rings. The zero-order valence-electron chi connectivity index (χ0n) is 19.5. The molecule has 6 rings (SSSR count). The fourth-order valence-electron chi connectivity index (χ4n) is 4.98. The van der Waals surface area contributed by atoms with E-state index < -0.39 is 5.91 Å². The van der Waals surface area contributed by atoms with E-state index >= 15 is 0 Å². The Hall–Kier alpha value is -4.66. The molecule has 1 saturated carbocycles. The smallest absolute Gasteiger partial charge is 0.277 e. The van der Waals surface area contributed by atoms with E-state index in [1.54, 1.807) is 59.2 Å². The monoisotopic (exact) mass is 481 g/mol. The van der Waals surface area contributed by atoms with Gasteiger partial charge in [-0.05, 0) is 67.4 Å². The molecular weight excluding hydrogens is 458 g/mol. The van der Waals surface area contributed by atoms with Crippen molar-refractivity contribution in [2.24, 2.45) is 5.73 Å². The number of aromatic nitrogens is 3. The summed E-state index contributed by atoms with van der Waals surface area (Å²) >= 11 is 0. The molecule has 9 heteroatoms. The Kier molecular flexibility index (Phi) is 4.82. The molecule has 0 bridgehead atoms. The van der Waals surface area contributed by atoms with Gasteiger partial charge in [-0.2, -0.15) is 5.10 Å². The lowest BCUT2D eigenvalue weighted by Crippen LogP contribution is -2.44. The molecule has 0 radical (unpaired) electrons. The Bertz CT molecular complexity index is 1560. The van der Waals surface area contributed by atoms with Crippen molar-refractivity contribution >= 4 is 17.5 Å². The number of hydrogen-bond donors (Lipinski definition) is 1. The number of rotatable bonds is 5. The minimum Gasteiger partial charge on any atom is -0.497 e. The van der Waals surface area contributed by atoms with Crippen LogP contribution in [0.25, 0.3) is 11.4 Å². The molecule has 3 heterocycles. The highest BCUT2D eigenvalue weighted by atomic mass is 16.5. The number of hydrogen-bond acceptors (Lipinski definition) is 5. The van der Waals surface area contributed by atoms with E-state index in [4.69, 9.17) is 10.5 Å². The van der Waals surface area contributed by atoms with Gasteiger partial charge in [0.1, 0.15) is 11.4 Å². The van der Waals surface area contributed by atoms with Crippen LogP contribution >= 0.6 is 0 Å². The van der Waals surface area contributed by atoms with Gasteiger partial charge in [0.2, 0.25) is 0 Å². The minimum atomic E-state index is -0.649. The standard InChI is InChI=1S/C27H23N5O4/c1-36-20-11-9-19(10-12-20)32-24-22(23(29-32)25(28)34)27(13-14-27)16-31(26(24)35)18-7-5-17(6-8-18)30-15-3-2-4-21(30)33/h2-12,15H,13-14,16H2,1H3,(H2,28,34). The van der Waals surface area contributed by atoms with Crippen LogP contribution in [0.2, 0.25) is 0 Å². The first kappa shape index (κ1) is 21.8. The van der Waals surface area contributed by atoms with Gasteiger partial charge in [0.25, 0.3) is 17.4 Å². The van der Waals surface area contributed by atoms with Crippen LogP contribution in [0, 0.1) is 0 Å². The SMILES string of the molecule is COc1ccc(-n2nc(C(N)=O)c3c2C(=O)N(c2ccc(-n4ccccc4=O)cc2)CC32CC2)cc1. The van der Waals surface area contributed by atoms with Gasteiger partial charge >= 0.3 is 0 Å². The molecule has 0 saturated heterocycles. The molecule has 0 atom stereocenters. The van der Waals surface area contributed by atoms with E-state index in [-0.39, 0.29) is 22.6 Å². The molecular formula is C27H23N5O4. The van der Waals surface area contributed by atoms with Crippen LogP contribution in [-0.4, -0.2) is 39.8 Å². The molecule has 4 aromatic rings. The average molecular weight is 482 g/mol. The zero-order chi connectivity index (χ0) is 25.0. The van der Waals surface area contributed by atoms with E-state index in [1.807, 2.05) is 24.3 Å². The van der Waals surface area contributed by atoms with Gasteiger partial charge in [-0.15, -0.1) is 0 Å². The fraction of sp³-hybridized carbons (Fsp3) is 0.185. The molecule has 180 valence electrons. The number of nitrogens with two attached hydrogens (primary N) is 1. The van der Waals surface area contributed by atoms with E-state index in [0.717, 1.165) is 12.8 Å². The van der Waals surface area contributed by atoms with Gasteiger partial charge in [0, 0.05) is 41.2 Å². The molecule has 0 unspecified atom stereocenters. The van der Waals surface area contributed by atoms with Crippen molar-refractivity contribution in [2.45, 2.75) is 18.3 Å². The van der Waals surface area contributed by atoms with Crippen LogP contribution in [-0.2, 0) is 5.41 Å². The third kappa shape index (κ3) is 3.31. The molecule has 2 amide bonds. The summed E-state index contributed by atoms with van der Waals surface area (Å²) in [7, 11) is 1.58. The van der Waals surface area contributed by atoms with E-state index in [2.05, 4.69) is 5.10 Å². The molecule has 1 aliphatic carbocycles. The van der Waals surface area contributed by atoms with Crippen molar-refractivity contribution in [3.63, 3.8) is 0 Å². The predicted molar refractivity (Wildman–Crippen MR) is 133 cm³/mol. The van der Waals surface area contributed by atoms with E-state index in [0.29, 0.717) is 40.6 Å². The number of amides is 2. The Morgan fingerprint density at radius 2 is 1.61 bits per heavy atom. The summed E-state index contributed by atoms with van der Waals surface area (Å²) in [5.41, 5.74) is 8.37. The highest BCUT2D eigenvalue weighted by molar-refractivity contribution is 6.10. The van der Waals surface area contributed by atoms with Gasteiger partial charge in [-0.1, -0.05) is 6.07 Å². The second-order valence-corrected chi connectivity index (χ2v) is 9.14. The maximum atomic E-state index is 13.9. The summed E-state index contributed by atoms with van der Waals surface area (Å²) in [6.07, 6.45) is 3.36. The lowest BCUT2D eigenvalue weighted by atomic mass is 9.88. The number of primary amides is 1. The number of ether oxygens (including phenoxy) is 1. The molecule has 1 spiro atoms. The van der Waals surface area contributed by atoms with Crippen molar-refractivity contribution in [3.8, 4) is 17.1 Å². The van der Waals surface area contributed by atoms with Crippen LogP contribution < -0.4 is 20.9 Å². The highest BCUT2D eigenvalue weighted by Crippen LogP contribution is 2.54. The summed E-state index contributed by atoms with van der Waals surface area (Å²) in [6, 6.07) is 19.4. The first-order chi connectivity index (χ1) is 17.4. The summed E-state index contributed by atoms with van der Waals surface area (Å²) in [5, 5.41) is 4.51. The van der Waals surface area contributed by atoms with Crippen molar-refractivity contribution in [3.05, 3.63) is 100 Å². The zero-order valence-corrected chi connectivity index (χ0v) is 19.5. The van der Waals surface area contributed by atoms with E-state index in [9.17, 15) is 14.4 Å². The molecule has 2 aromatic heterocycles. The number of methoxy groups -OCH3 is 1. The van der Waals surface area contributed by atoms with Crippen LogP contribution in [0.1, 0.15) is 39.4 Å². The van der Waals surface area contributed by atoms with Crippen LogP contribution in [0.5, 0.6) is 5.75 Å². The lowest BCUT2D eigenvalue weighted by molar-refractivity contribution is 0.0966. The second kappa shape index (κ2) is 7.94. The number of nitrogens with zero attached hydrogens (tertiary/aromatic N) is 4. The van der Waals surface area contributed by atoms with Crippen molar-refractivity contribution in [2.75, 3.05) is 18.6 Å². The summed E-state index contributed by atoms with van der Waals surface area (Å²) in [6.45, 7) is 0.429. The predicted octanol–water partition coefficient (Wildman–Crippen LogP) is 2.82. The molecule has 2 aromatic carbocycles. The Balaban J connectivity index is 1.45. The topological polar surface area (TPSA) is 112 Å². The van der Waals surface area contributed by atoms with Gasteiger partial charge in [0.05, 0.1) is 12.8 Å². The maximum Gasteiger partial charge on any atom is 0.277 e. The molecule has 1 aliphatic heterocycles. The van der Waals surface area contributed by atoms with Gasteiger partial charge < -0.3 is 15.4 Å². The molecule has 9 nitrogen and oxygen atoms in total. The number of carbonyl (C=O) groups is 2. The van der Waals surface area contributed by atoms with Gasteiger partial charge in [0.15, 0.2) is 5.69 Å². The Morgan fingerprint density at radius 1 is 0.944 bits per heavy atom. The Morgan fingerprint density at radius 3 is 2.22 bits per heavy atom. The number of benzene rings is 2. The first-order valence-electron chi connectivity index (χ1n) is 11.6.